The van der Waals surface area contributed by atoms with E-state index in [4.69, 9.17) is 9.84 Å². The van der Waals surface area contributed by atoms with Crippen molar-refractivity contribution >= 4 is 23.4 Å². The minimum atomic E-state index is -0.687. The number of nitrogens with one attached hydrogen (secondary N) is 1. The summed E-state index contributed by atoms with van der Waals surface area (Å²) >= 11 is 0. The molecule has 210 valence electrons. The molecular formula is C34H40N2O4. The monoisotopic (exact) mass is 540 g/mol. The summed E-state index contributed by atoms with van der Waals surface area (Å²) < 4.78 is 6.40. The van der Waals surface area contributed by atoms with Crippen LogP contribution in [0.15, 0.2) is 66.7 Å². The number of fused-ring (bicyclic) bond motifs is 1. The molecule has 2 aliphatic rings. The molecule has 6 heteroatoms. The van der Waals surface area contributed by atoms with Crippen LogP contribution in [0.4, 0.5) is 16.2 Å². The van der Waals surface area contributed by atoms with Gasteiger partial charge in [0.25, 0.3) is 0 Å². The summed E-state index contributed by atoms with van der Waals surface area (Å²) in [4.78, 5) is 26.4. The van der Waals surface area contributed by atoms with Crippen LogP contribution < -0.4 is 15.0 Å². The number of para-hydroxylation sites is 1. The van der Waals surface area contributed by atoms with E-state index in [0.717, 1.165) is 78.8 Å². The minimum absolute atomic E-state index is 0.0569. The highest BCUT2D eigenvalue weighted by molar-refractivity contribution is 6.03. The van der Waals surface area contributed by atoms with Gasteiger partial charge in [-0.3, -0.25) is 9.69 Å². The van der Waals surface area contributed by atoms with Gasteiger partial charge in [-0.2, -0.15) is 0 Å². The molecule has 1 atom stereocenters. The summed E-state index contributed by atoms with van der Waals surface area (Å²) in [6.07, 6.45) is 6.99. The number of carbonyl (C=O) groups is 2. The Morgan fingerprint density at radius 2 is 1.68 bits per heavy atom. The van der Waals surface area contributed by atoms with Gasteiger partial charge in [-0.25, -0.2) is 4.79 Å². The number of benzene rings is 3. The van der Waals surface area contributed by atoms with Crippen LogP contribution in [0.3, 0.4) is 0 Å². The number of carboxylic acid groups (broad SMARTS) is 1. The molecule has 0 spiro atoms. The van der Waals surface area contributed by atoms with E-state index in [-0.39, 0.29) is 18.6 Å². The number of rotatable bonds is 8. The Labute approximate surface area is 237 Å². The van der Waals surface area contributed by atoms with E-state index in [0.29, 0.717) is 18.4 Å². The summed E-state index contributed by atoms with van der Waals surface area (Å²) in [7, 11) is 0. The largest absolute Gasteiger partial charge is 0.486 e. The number of carbonyl (C=O) groups excluding carboxylic acids is 1. The molecule has 1 heterocycles. The molecule has 0 bridgehead atoms. The maximum Gasteiger partial charge on any atom is 0.326 e. The summed E-state index contributed by atoms with van der Waals surface area (Å²) in [5, 5.41) is 12.2. The van der Waals surface area contributed by atoms with E-state index in [2.05, 4.69) is 55.6 Å². The summed E-state index contributed by atoms with van der Waals surface area (Å²) in [5.74, 6) is 0.851. The molecule has 2 N–H and O–H groups in total. The minimum Gasteiger partial charge on any atom is -0.486 e. The molecule has 1 saturated carbocycles. The van der Waals surface area contributed by atoms with Crippen LogP contribution in [0.1, 0.15) is 75.8 Å². The predicted octanol–water partition coefficient (Wildman–Crippen LogP) is 8.26. The van der Waals surface area contributed by atoms with Gasteiger partial charge in [0.1, 0.15) is 11.9 Å². The normalized spacial score (nSPS) is 20.4. The van der Waals surface area contributed by atoms with Crippen LogP contribution in [0.2, 0.25) is 0 Å². The molecule has 0 radical (unpaired) electrons. The first kappa shape index (κ1) is 27.8. The van der Waals surface area contributed by atoms with Gasteiger partial charge in [0, 0.05) is 12.1 Å². The molecule has 1 unspecified atom stereocenters. The van der Waals surface area contributed by atoms with Gasteiger partial charge in [-0.05, 0) is 90.8 Å². The Hall–Kier alpha value is -3.80. The van der Waals surface area contributed by atoms with Crippen LogP contribution in [0.25, 0.3) is 11.1 Å². The van der Waals surface area contributed by atoms with E-state index in [1.807, 2.05) is 35.2 Å². The number of anilines is 2. The molecular weight excluding hydrogens is 500 g/mol. The smallest absolute Gasteiger partial charge is 0.326 e. The fourth-order valence-corrected chi connectivity index (χ4v) is 6.22. The Bertz CT molecular complexity index is 1330. The molecule has 1 aliphatic heterocycles. The van der Waals surface area contributed by atoms with Crippen molar-refractivity contribution in [1.29, 1.82) is 0 Å². The van der Waals surface area contributed by atoms with Crippen LogP contribution in [0.5, 0.6) is 5.75 Å². The first-order valence-electron chi connectivity index (χ1n) is 14.7. The number of hydrogen-bond acceptors (Lipinski definition) is 3. The van der Waals surface area contributed by atoms with Gasteiger partial charge in [-0.1, -0.05) is 68.8 Å². The predicted molar refractivity (Wildman–Crippen MR) is 160 cm³/mol. The number of amides is 2. The second kappa shape index (κ2) is 12.6. The van der Waals surface area contributed by atoms with Gasteiger partial charge in [0.05, 0.1) is 12.2 Å². The van der Waals surface area contributed by atoms with Gasteiger partial charge in [0.2, 0.25) is 0 Å². The highest BCUT2D eigenvalue weighted by Crippen LogP contribution is 2.40. The maximum absolute atomic E-state index is 13.5. The summed E-state index contributed by atoms with van der Waals surface area (Å²) in [6, 6.07) is 22.7. The first-order valence-corrected chi connectivity index (χ1v) is 14.7. The van der Waals surface area contributed by atoms with E-state index < -0.39 is 5.97 Å². The maximum atomic E-state index is 13.5. The summed E-state index contributed by atoms with van der Waals surface area (Å²) in [5.41, 5.74) is 6.25. The highest BCUT2D eigenvalue weighted by atomic mass is 16.5. The topological polar surface area (TPSA) is 78.9 Å². The lowest BCUT2D eigenvalue weighted by atomic mass is 9.77. The van der Waals surface area contributed by atoms with Crippen molar-refractivity contribution in [2.45, 2.75) is 77.2 Å². The highest BCUT2D eigenvalue weighted by Gasteiger charge is 2.30. The van der Waals surface area contributed by atoms with E-state index in [1.165, 1.54) is 5.56 Å². The number of urea groups is 1. The Balaban J connectivity index is 1.33. The molecule has 5 rings (SSSR count). The fraction of sp³-hybridized carbons (Fsp3) is 0.412. The number of hydrogen-bond donors (Lipinski definition) is 2. The number of ether oxygens (including phenoxy) is 1. The van der Waals surface area contributed by atoms with Crippen molar-refractivity contribution in [3.63, 3.8) is 0 Å². The molecule has 6 nitrogen and oxygen atoms in total. The van der Waals surface area contributed by atoms with Crippen molar-refractivity contribution in [2.75, 3.05) is 16.8 Å². The SMILES string of the molecule is CCCC1CN(C(=O)Nc2ccccc2CC)c2ccc(-c3ccc(C4CCC(CC(=O)O)CC4)cc3)cc2O1. The standard InChI is InChI=1S/C34H40N2O4/c1-3-7-29-22-36(34(39)35-30-9-6-5-8-24(30)4-2)31-19-18-28(21-32(31)40-29)27-16-14-26(15-17-27)25-12-10-23(11-13-25)20-33(37)38/h5-6,8-9,14-19,21,23,25,29H,3-4,7,10-13,20,22H2,1-2H3,(H,35,39)(H,37,38). The molecule has 3 aromatic rings. The third-order valence-electron chi connectivity index (χ3n) is 8.45. The first-order chi connectivity index (χ1) is 19.4. The number of carboxylic acids is 1. The zero-order valence-electron chi connectivity index (χ0n) is 23.6. The van der Waals surface area contributed by atoms with E-state index in [1.54, 1.807) is 0 Å². The van der Waals surface area contributed by atoms with Crippen molar-refractivity contribution in [3.8, 4) is 16.9 Å². The number of aliphatic carboxylic acids is 1. The number of nitrogens with zero attached hydrogens (tertiary/aromatic N) is 1. The molecule has 0 saturated heterocycles. The fourth-order valence-electron chi connectivity index (χ4n) is 6.22. The zero-order valence-corrected chi connectivity index (χ0v) is 23.6. The zero-order chi connectivity index (χ0) is 28.1. The second-order valence-corrected chi connectivity index (χ2v) is 11.2. The average molecular weight is 541 g/mol. The van der Waals surface area contributed by atoms with Crippen molar-refractivity contribution in [2.24, 2.45) is 5.92 Å². The van der Waals surface area contributed by atoms with Gasteiger partial charge >= 0.3 is 12.0 Å². The van der Waals surface area contributed by atoms with Crippen molar-refractivity contribution < 1.29 is 19.4 Å². The van der Waals surface area contributed by atoms with Crippen LogP contribution >= 0.6 is 0 Å². The lowest BCUT2D eigenvalue weighted by Crippen LogP contribution is -2.45. The molecule has 1 fully saturated rings. The van der Waals surface area contributed by atoms with Crippen LogP contribution in [-0.2, 0) is 11.2 Å². The Morgan fingerprint density at radius 1 is 0.950 bits per heavy atom. The Kier molecular flexibility index (Phi) is 8.73. The molecule has 0 aromatic heterocycles. The quantitative estimate of drug-likeness (QED) is 0.301. The third-order valence-corrected chi connectivity index (χ3v) is 8.45. The molecule has 40 heavy (non-hydrogen) atoms. The number of aryl methyl sites for hydroxylation is 1. The molecule has 3 aromatic carbocycles. The molecule has 1 aliphatic carbocycles. The van der Waals surface area contributed by atoms with Crippen molar-refractivity contribution in [1.82, 2.24) is 0 Å². The van der Waals surface area contributed by atoms with E-state index in [9.17, 15) is 9.59 Å². The lowest BCUT2D eigenvalue weighted by Gasteiger charge is -2.35. The third kappa shape index (κ3) is 6.33. The van der Waals surface area contributed by atoms with E-state index >= 15 is 0 Å². The second-order valence-electron chi connectivity index (χ2n) is 11.2. The van der Waals surface area contributed by atoms with Crippen LogP contribution in [-0.4, -0.2) is 29.8 Å². The van der Waals surface area contributed by atoms with Gasteiger partial charge < -0.3 is 15.2 Å². The lowest BCUT2D eigenvalue weighted by molar-refractivity contribution is -0.138. The van der Waals surface area contributed by atoms with Crippen molar-refractivity contribution in [3.05, 3.63) is 77.9 Å². The van der Waals surface area contributed by atoms with Gasteiger partial charge in [0.15, 0.2) is 0 Å². The molecule has 2 amide bonds. The van der Waals surface area contributed by atoms with Gasteiger partial charge in [-0.15, -0.1) is 0 Å². The van der Waals surface area contributed by atoms with Crippen LogP contribution in [0, 0.1) is 5.92 Å². The summed E-state index contributed by atoms with van der Waals surface area (Å²) in [6.45, 7) is 4.74. The Morgan fingerprint density at radius 3 is 2.38 bits per heavy atom. The average Bonchev–Trinajstić information content (AvgIpc) is 2.97.